The maximum absolute atomic E-state index is 11.9. The topological polar surface area (TPSA) is 45.1 Å². The first-order valence-electron chi connectivity index (χ1n) is 3.90. The lowest BCUT2D eigenvalue weighted by Gasteiger charge is -2.11. The van der Waals surface area contributed by atoms with Gasteiger partial charge in [-0.2, -0.15) is 0 Å². The van der Waals surface area contributed by atoms with Gasteiger partial charge < -0.3 is 10.4 Å². The number of hydrogen-bond acceptors (Lipinski definition) is 3. The van der Waals surface area contributed by atoms with Crippen LogP contribution in [0, 0.1) is 0 Å². The van der Waals surface area contributed by atoms with Crippen molar-refractivity contribution in [1.82, 2.24) is 4.98 Å². The quantitative estimate of drug-likeness (QED) is 0.875. The van der Waals surface area contributed by atoms with Gasteiger partial charge in [0, 0.05) is 17.2 Å². The third-order valence-electron chi connectivity index (χ3n) is 1.51. The third kappa shape index (κ3) is 3.55. The molecule has 1 unspecified atom stereocenters. The molecule has 1 rings (SSSR count). The summed E-state index contributed by atoms with van der Waals surface area (Å²) in [5.41, 5.74) is 0.582. The third-order valence-corrected chi connectivity index (χ3v) is 1.94. The Morgan fingerprint density at radius 2 is 2.21 bits per heavy atom. The number of nitrogens with zero attached hydrogens (tertiary/aromatic N) is 1. The zero-order valence-corrected chi connectivity index (χ0v) is 8.71. The second kappa shape index (κ2) is 5.21. The van der Waals surface area contributed by atoms with Gasteiger partial charge in [0.1, 0.15) is 6.10 Å². The van der Waals surface area contributed by atoms with Crippen LogP contribution < -0.4 is 5.32 Å². The number of pyridine rings is 1. The van der Waals surface area contributed by atoms with Crippen molar-refractivity contribution in [2.24, 2.45) is 0 Å². The maximum Gasteiger partial charge on any atom is 0.265 e. The van der Waals surface area contributed by atoms with Crippen molar-refractivity contribution in [3.8, 4) is 0 Å². The van der Waals surface area contributed by atoms with E-state index in [0.29, 0.717) is 5.69 Å². The van der Waals surface area contributed by atoms with Gasteiger partial charge in [-0.15, -0.1) is 0 Å². The fourth-order valence-corrected chi connectivity index (χ4v) is 1.18. The van der Waals surface area contributed by atoms with E-state index in [1.807, 2.05) is 0 Å². The Hall–Kier alpha value is -0.750. The highest BCUT2D eigenvalue weighted by Gasteiger charge is 2.15. The summed E-state index contributed by atoms with van der Waals surface area (Å²) in [6, 6.07) is 1.69. The van der Waals surface area contributed by atoms with Gasteiger partial charge in [-0.3, -0.25) is 4.98 Å². The van der Waals surface area contributed by atoms with E-state index < -0.39 is 12.5 Å². The Kier molecular flexibility index (Phi) is 4.21. The molecule has 0 aliphatic heterocycles. The van der Waals surface area contributed by atoms with Crippen molar-refractivity contribution < 1.29 is 13.9 Å². The Bertz CT molecular complexity index is 298. The molecule has 0 saturated carbocycles. The Morgan fingerprint density at radius 3 is 2.79 bits per heavy atom. The van der Waals surface area contributed by atoms with Gasteiger partial charge in [-0.25, -0.2) is 8.78 Å². The highest BCUT2D eigenvalue weighted by molar-refractivity contribution is 9.10. The van der Waals surface area contributed by atoms with Crippen molar-refractivity contribution in [3.63, 3.8) is 0 Å². The van der Waals surface area contributed by atoms with E-state index in [2.05, 4.69) is 26.2 Å². The molecule has 0 aliphatic carbocycles. The molecule has 78 valence electrons. The minimum Gasteiger partial charge on any atom is -0.385 e. The molecule has 1 heterocycles. The molecule has 0 amide bonds. The second-order valence-corrected chi connectivity index (χ2v) is 3.59. The van der Waals surface area contributed by atoms with Crippen molar-refractivity contribution in [2.75, 3.05) is 11.9 Å². The molecular formula is C8H9BrF2N2O. The molecular weight excluding hydrogens is 258 g/mol. The van der Waals surface area contributed by atoms with Crippen LogP contribution in [0.25, 0.3) is 0 Å². The molecule has 1 aromatic rings. The molecule has 1 atom stereocenters. The molecule has 0 spiro atoms. The lowest BCUT2D eigenvalue weighted by Crippen LogP contribution is -2.26. The molecule has 0 aliphatic rings. The number of hydrogen-bond donors (Lipinski definition) is 2. The minimum atomic E-state index is -2.73. The first kappa shape index (κ1) is 11.3. The summed E-state index contributed by atoms with van der Waals surface area (Å²) in [6.45, 7) is -0.199. The number of halogens is 3. The average molecular weight is 267 g/mol. The van der Waals surface area contributed by atoms with Crippen LogP contribution in [0.4, 0.5) is 14.5 Å². The Morgan fingerprint density at radius 1 is 1.50 bits per heavy atom. The lowest BCUT2D eigenvalue weighted by molar-refractivity contribution is 0.00384. The predicted molar refractivity (Wildman–Crippen MR) is 52.4 cm³/mol. The number of aliphatic hydroxyl groups excluding tert-OH is 1. The van der Waals surface area contributed by atoms with Gasteiger partial charge >= 0.3 is 0 Å². The predicted octanol–water partition coefficient (Wildman–Crippen LogP) is 1.88. The van der Waals surface area contributed by atoms with E-state index in [4.69, 9.17) is 5.11 Å². The maximum atomic E-state index is 11.9. The van der Waals surface area contributed by atoms with Crippen molar-refractivity contribution >= 4 is 21.6 Å². The monoisotopic (exact) mass is 266 g/mol. The number of aliphatic hydroxyl groups is 1. The van der Waals surface area contributed by atoms with Crippen molar-refractivity contribution in [1.29, 1.82) is 0 Å². The summed E-state index contributed by atoms with van der Waals surface area (Å²) >= 11 is 3.18. The Labute approximate surface area is 88.3 Å². The second-order valence-electron chi connectivity index (χ2n) is 2.67. The van der Waals surface area contributed by atoms with Crippen LogP contribution in [0.5, 0.6) is 0 Å². The molecule has 0 bridgehead atoms. The fourth-order valence-electron chi connectivity index (χ4n) is 0.820. The lowest BCUT2D eigenvalue weighted by atomic mass is 10.3. The van der Waals surface area contributed by atoms with Gasteiger partial charge in [0.05, 0.1) is 11.9 Å². The molecule has 0 fully saturated rings. The summed E-state index contributed by atoms with van der Waals surface area (Å²) in [6.07, 6.45) is -1.32. The SMILES string of the molecule is OC(CNc1cncc(Br)c1)C(F)F. The highest BCUT2D eigenvalue weighted by atomic mass is 79.9. The number of nitrogens with one attached hydrogen (secondary N) is 1. The van der Waals surface area contributed by atoms with Crippen LogP contribution in [0.15, 0.2) is 22.9 Å². The zero-order valence-electron chi connectivity index (χ0n) is 7.12. The summed E-state index contributed by atoms with van der Waals surface area (Å²) in [5, 5.41) is 11.5. The number of alkyl halides is 2. The van der Waals surface area contributed by atoms with Gasteiger partial charge in [0.2, 0.25) is 0 Å². The summed E-state index contributed by atoms with van der Waals surface area (Å²) in [7, 11) is 0. The van der Waals surface area contributed by atoms with Crippen molar-refractivity contribution in [3.05, 3.63) is 22.9 Å². The molecule has 0 saturated heterocycles. The molecule has 6 heteroatoms. The van der Waals surface area contributed by atoms with Gasteiger partial charge in [-0.1, -0.05) is 0 Å². The van der Waals surface area contributed by atoms with Crippen LogP contribution in [0.2, 0.25) is 0 Å². The molecule has 3 nitrogen and oxygen atoms in total. The van der Waals surface area contributed by atoms with Crippen LogP contribution in [0.1, 0.15) is 0 Å². The van der Waals surface area contributed by atoms with E-state index in [0.717, 1.165) is 4.47 Å². The standard InChI is InChI=1S/C8H9BrF2N2O/c9-5-1-6(3-12-2-5)13-4-7(14)8(10)11/h1-3,7-8,13-14H,4H2. The molecule has 14 heavy (non-hydrogen) atoms. The van der Waals surface area contributed by atoms with Gasteiger partial charge in [0.25, 0.3) is 6.43 Å². The fraction of sp³-hybridized carbons (Fsp3) is 0.375. The first-order valence-corrected chi connectivity index (χ1v) is 4.69. The highest BCUT2D eigenvalue weighted by Crippen LogP contribution is 2.13. The van der Waals surface area contributed by atoms with Crippen LogP contribution in [-0.4, -0.2) is 29.2 Å². The summed E-state index contributed by atoms with van der Waals surface area (Å²) in [5.74, 6) is 0. The summed E-state index contributed by atoms with van der Waals surface area (Å²) < 4.78 is 24.5. The normalized spacial score (nSPS) is 12.9. The van der Waals surface area contributed by atoms with E-state index in [1.165, 1.54) is 6.20 Å². The van der Waals surface area contributed by atoms with Crippen LogP contribution in [0.3, 0.4) is 0 Å². The number of rotatable bonds is 4. The minimum absolute atomic E-state index is 0.199. The Balaban J connectivity index is 2.45. The van der Waals surface area contributed by atoms with Gasteiger partial charge in [0.15, 0.2) is 0 Å². The number of anilines is 1. The van der Waals surface area contributed by atoms with Crippen LogP contribution >= 0.6 is 15.9 Å². The van der Waals surface area contributed by atoms with E-state index >= 15 is 0 Å². The zero-order chi connectivity index (χ0) is 10.6. The largest absolute Gasteiger partial charge is 0.385 e. The van der Waals surface area contributed by atoms with Crippen LogP contribution in [-0.2, 0) is 0 Å². The van der Waals surface area contributed by atoms with E-state index in [9.17, 15) is 8.78 Å². The smallest absolute Gasteiger partial charge is 0.265 e. The molecule has 0 aromatic carbocycles. The molecule has 0 radical (unpaired) electrons. The molecule has 1 aromatic heterocycles. The first-order chi connectivity index (χ1) is 6.59. The van der Waals surface area contributed by atoms with Gasteiger partial charge in [-0.05, 0) is 22.0 Å². The molecule has 2 N–H and O–H groups in total. The van der Waals surface area contributed by atoms with Crippen molar-refractivity contribution in [2.45, 2.75) is 12.5 Å². The summed E-state index contributed by atoms with van der Waals surface area (Å²) in [4.78, 5) is 3.83. The average Bonchev–Trinajstić information content (AvgIpc) is 2.14. The van der Waals surface area contributed by atoms with E-state index in [1.54, 1.807) is 12.3 Å². The number of aromatic nitrogens is 1. The van der Waals surface area contributed by atoms with E-state index in [-0.39, 0.29) is 6.54 Å².